The fraction of sp³-hybridized carbons (Fsp3) is 0.158. The lowest BCUT2D eigenvalue weighted by molar-refractivity contribution is -0.114. The number of hydrogen-bond acceptors (Lipinski definition) is 4. The van der Waals surface area contributed by atoms with Gasteiger partial charge in [0.15, 0.2) is 17.2 Å². The van der Waals surface area contributed by atoms with Crippen LogP contribution in [0, 0.1) is 0 Å². The van der Waals surface area contributed by atoms with Crippen LogP contribution in [0.1, 0.15) is 5.56 Å². The molecule has 0 spiro atoms. The minimum Gasteiger partial charge on any atom is -0.493 e. The van der Waals surface area contributed by atoms with Gasteiger partial charge in [-0.1, -0.05) is 24.3 Å². The Morgan fingerprint density at radius 1 is 1.00 bits per heavy atom. The smallest absolute Gasteiger partial charge is 0.435 e. The number of anilines is 1. The van der Waals surface area contributed by atoms with Crippen molar-refractivity contribution in [2.24, 2.45) is 5.10 Å². The first-order valence-corrected chi connectivity index (χ1v) is 7.84. The van der Waals surface area contributed by atoms with Crippen molar-refractivity contribution in [3.05, 3.63) is 59.7 Å². The Labute approximate surface area is 153 Å². The van der Waals surface area contributed by atoms with Crippen LogP contribution in [0.4, 0.5) is 18.9 Å². The number of para-hydroxylation sites is 1. The lowest BCUT2D eigenvalue weighted by Crippen LogP contribution is -2.25. The van der Waals surface area contributed by atoms with Crippen molar-refractivity contribution in [1.82, 2.24) is 0 Å². The van der Waals surface area contributed by atoms with Gasteiger partial charge in [-0.25, -0.2) is 0 Å². The molecule has 0 aromatic heterocycles. The van der Waals surface area contributed by atoms with E-state index in [0.717, 1.165) is 11.1 Å². The maximum absolute atomic E-state index is 13.4. The summed E-state index contributed by atoms with van der Waals surface area (Å²) in [6.07, 6.45) is -3.64. The fourth-order valence-electron chi connectivity index (χ4n) is 2.61. The van der Waals surface area contributed by atoms with Crippen molar-refractivity contribution in [2.45, 2.75) is 6.18 Å². The van der Waals surface area contributed by atoms with Gasteiger partial charge in [0.25, 0.3) is 5.91 Å². The van der Waals surface area contributed by atoms with E-state index >= 15 is 0 Å². The largest absolute Gasteiger partial charge is 0.493 e. The van der Waals surface area contributed by atoms with Crippen LogP contribution in [0.2, 0.25) is 0 Å². The van der Waals surface area contributed by atoms with Crippen LogP contribution >= 0.6 is 0 Å². The van der Waals surface area contributed by atoms with Crippen molar-refractivity contribution in [2.75, 3.05) is 19.2 Å². The number of amides is 1. The van der Waals surface area contributed by atoms with E-state index < -0.39 is 23.4 Å². The molecule has 2 aromatic carbocycles. The molecule has 5 nitrogen and oxygen atoms in total. The average Bonchev–Trinajstić information content (AvgIpc) is 2.99. The summed E-state index contributed by atoms with van der Waals surface area (Å²) in [5, 5.41) is 4.26. The summed E-state index contributed by atoms with van der Waals surface area (Å²) in [6.45, 7) is 0. The molecule has 0 saturated carbocycles. The van der Waals surface area contributed by atoms with E-state index in [2.05, 4.69) is 5.10 Å². The molecular formula is C19H15F3N2O3. The van der Waals surface area contributed by atoms with Crippen LogP contribution in [-0.2, 0) is 4.79 Å². The summed E-state index contributed by atoms with van der Waals surface area (Å²) >= 11 is 0. The third-order valence-corrected chi connectivity index (χ3v) is 3.87. The van der Waals surface area contributed by atoms with Gasteiger partial charge < -0.3 is 9.47 Å². The van der Waals surface area contributed by atoms with Gasteiger partial charge in [-0.15, -0.1) is 0 Å². The fourth-order valence-corrected chi connectivity index (χ4v) is 2.61. The van der Waals surface area contributed by atoms with E-state index in [0.29, 0.717) is 17.1 Å². The lowest BCUT2D eigenvalue weighted by Gasteiger charge is -2.11. The zero-order chi connectivity index (χ0) is 19.6. The van der Waals surface area contributed by atoms with Crippen molar-refractivity contribution < 1.29 is 27.4 Å². The summed E-state index contributed by atoms with van der Waals surface area (Å²) in [4.78, 5) is 12.6. The summed E-state index contributed by atoms with van der Waals surface area (Å²) < 4.78 is 50.6. The number of benzene rings is 2. The molecule has 1 aliphatic heterocycles. The molecule has 0 bridgehead atoms. The number of methoxy groups -OCH3 is 2. The molecule has 1 aliphatic rings. The maximum Gasteiger partial charge on any atom is 0.435 e. The molecule has 0 atom stereocenters. The molecule has 2 aromatic rings. The maximum atomic E-state index is 13.4. The van der Waals surface area contributed by atoms with Crippen molar-refractivity contribution in [1.29, 1.82) is 0 Å². The molecule has 1 amide bonds. The second-order valence-electron chi connectivity index (χ2n) is 5.57. The summed E-state index contributed by atoms with van der Waals surface area (Å²) in [6, 6.07) is 12.5. The zero-order valence-electron chi connectivity index (χ0n) is 14.4. The van der Waals surface area contributed by atoms with Crippen LogP contribution < -0.4 is 14.5 Å². The first kappa shape index (κ1) is 18.5. The molecule has 1 heterocycles. The third kappa shape index (κ3) is 3.64. The van der Waals surface area contributed by atoms with Crippen LogP contribution in [-0.4, -0.2) is 32.0 Å². The highest BCUT2D eigenvalue weighted by atomic mass is 19.4. The van der Waals surface area contributed by atoms with E-state index in [1.807, 2.05) is 0 Å². The Kier molecular flexibility index (Phi) is 4.89. The predicted molar refractivity (Wildman–Crippen MR) is 94.9 cm³/mol. The predicted octanol–water partition coefficient (Wildman–Crippen LogP) is 4.05. The van der Waals surface area contributed by atoms with Crippen molar-refractivity contribution >= 4 is 23.4 Å². The van der Waals surface area contributed by atoms with Gasteiger partial charge in [-0.3, -0.25) is 4.79 Å². The summed E-state index contributed by atoms with van der Waals surface area (Å²) in [5.41, 5.74) is -1.19. The first-order valence-electron chi connectivity index (χ1n) is 7.84. The number of hydrogen-bond donors (Lipinski definition) is 0. The van der Waals surface area contributed by atoms with E-state index in [9.17, 15) is 18.0 Å². The van der Waals surface area contributed by atoms with E-state index in [-0.39, 0.29) is 5.69 Å². The molecule has 27 heavy (non-hydrogen) atoms. The molecule has 3 rings (SSSR count). The van der Waals surface area contributed by atoms with Crippen LogP contribution in [0.15, 0.2) is 59.2 Å². The molecule has 0 fully saturated rings. The number of carbonyl (C=O) groups excluding carboxylic acids is 1. The Morgan fingerprint density at radius 3 is 2.26 bits per heavy atom. The average molecular weight is 376 g/mol. The topological polar surface area (TPSA) is 51.1 Å². The Morgan fingerprint density at radius 2 is 1.67 bits per heavy atom. The SMILES string of the molecule is COc1ccc(/C=C2/C(=O)N(c3ccccc3)N=C2C(F)(F)F)cc1OC. The van der Waals surface area contributed by atoms with Gasteiger partial charge in [0, 0.05) is 0 Å². The number of hydrazone groups is 1. The first-order chi connectivity index (χ1) is 12.8. The molecule has 0 saturated heterocycles. The number of carbonyl (C=O) groups is 1. The van der Waals surface area contributed by atoms with Gasteiger partial charge in [0.2, 0.25) is 0 Å². The van der Waals surface area contributed by atoms with E-state index in [1.54, 1.807) is 24.3 Å². The summed E-state index contributed by atoms with van der Waals surface area (Å²) in [7, 11) is 2.86. The van der Waals surface area contributed by atoms with Gasteiger partial charge >= 0.3 is 6.18 Å². The van der Waals surface area contributed by atoms with Gasteiger partial charge in [0.05, 0.1) is 25.5 Å². The zero-order valence-corrected chi connectivity index (χ0v) is 14.4. The standard InChI is InChI=1S/C19H15F3N2O3/c1-26-15-9-8-12(11-16(15)27-2)10-14-17(19(20,21)22)23-24(18(14)25)13-6-4-3-5-7-13/h3-11H,1-2H3/b14-10+. The van der Waals surface area contributed by atoms with Crippen LogP contribution in [0.5, 0.6) is 11.5 Å². The molecule has 0 radical (unpaired) electrons. The number of alkyl halides is 3. The minimum atomic E-state index is -4.78. The Balaban J connectivity index is 2.07. The number of nitrogens with zero attached hydrogens (tertiary/aromatic N) is 2. The second kappa shape index (κ2) is 7.14. The third-order valence-electron chi connectivity index (χ3n) is 3.87. The number of halogens is 3. The molecule has 0 N–H and O–H groups in total. The van der Waals surface area contributed by atoms with Crippen molar-refractivity contribution in [3.63, 3.8) is 0 Å². The monoisotopic (exact) mass is 376 g/mol. The van der Waals surface area contributed by atoms with E-state index in [4.69, 9.17) is 9.47 Å². The normalized spacial score (nSPS) is 15.9. The molecule has 8 heteroatoms. The van der Waals surface area contributed by atoms with Gasteiger partial charge in [0.1, 0.15) is 0 Å². The molecular weight excluding hydrogens is 361 g/mol. The Hall–Kier alpha value is -3.29. The minimum absolute atomic E-state index is 0.250. The molecule has 140 valence electrons. The van der Waals surface area contributed by atoms with Gasteiger partial charge in [-0.2, -0.15) is 23.3 Å². The number of rotatable bonds is 4. The van der Waals surface area contributed by atoms with E-state index in [1.165, 1.54) is 38.5 Å². The molecule has 0 aliphatic carbocycles. The quantitative estimate of drug-likeness (QED) is 0.757. The number of ether oxygens (including phenoxy) is 2. The van der Waals surface area contributed by atoms with Crippen LogP contribution in [0.25, 0.3) is 6.08 Å². The molecule has 0 unspecified atom stereocenters. The van der Waals surface area contributed by atoms with Crippen molar-refractivity contribution in [3.8, 4) is 11.5 Å². The lowest BCUT2D eigenvalue weighted by atomic mass is 10.1. The second-order valence-corrected chi connectivity index (χ2v) is 5.57. The highest BCUT2D eigenvalue weighted by Gasteiger charge is 2.46. The highest BCUT2D eigenvalue weighted by molar-refractivity contribution is 6.34. The van der Waals surface area contributed by atoms with Gasteiger partial charge in [-0.05, 0) is 35.9 Å². The highest BCUT2D eigenvalue weighted by Crippen LogP contribution is 2.34. The Bertz CT molecular complexity index is 922. The summed E-state index contributed by atoms with van der Waals surface area (Å²) in [5.74, 6) is -0.0981. The van der Waals surface area contributed by atoms with Crippen LogP contribution in [0.3, 0.4) is 0 Å².